The molecule has 1 N–H and O–H groups in total. The second kappa shape index (κ2) is 8.20. The van der Waals surface area contributed by atoms with Crippen molar-refractivity contribution in [3.05, 3.63) is 71.8 Å². The Kier molecular flexibility index (Phi) is 5.98. The molecule has 116 valence electrons. The Bertz CT molecular complexity index is 568. The molecule has 0 heterocycles. The fraction of sp³-hybridized carbons (Fsp3) is 0.278. The number of hydrogen-bond acceptors (Lipinski definition) is 3. The van der Waals surface area contributed by atoms with Crippen LogP contribution in [0.2, 0.25) is 0 Å². The van der Waals surface area contributed by atoms with E-state index < -0.39 is 12.3 Å². The lowest BCUT2D eigenvalue weighted by Crippen LogP contribution is -2.17. The summed E-state index contributed by atoms with van der Waals surface area (Å²) < 4.78 is 10.8. The number of carboxylic acid groups (broad SMARTS) is 1. The molecule has 0 aliphatic rings. The summed E-state index contributed by atoms with van der Waals surface area (Å²) in [5, 5.41) is 8.90. The quantitative estimate of drug-likeness (QED) is 0.769. The Morgan fingerprint density at radius 1 is 1.05 bits per heavy atom. The molecule has 0 saturated carbocycles. The molecular weight excluding hydrogens is 280 g/mol. The van der Waals surface area contributed by atoms with Crippen LogP contribution in [0.15, 0.2) is 60.7 Å². The molecule has 2 atom stereocenters. The van der Waals surface area contributed by atoms with Gasteiger partial charge in [0.1, 0.15) is 6.10 Å². The Morgan fingerprint density at radius 2 is 1.64 bits per heavy atom. The van der Waals surface area contributed by atoms with Crippen LogP contribution in [0, 0.1) is 0 Å². The maximum atomic E-state index is 10.9. The molecule has 0 radical (unpaired) electrons. The summed E-state index contributed by atoms with van der Waals surface area (Å²) in [6, 6.07) is 19.2. The molecule has 0 saturated heterocycles. The zero-order chi connectivity index (χ0) is 15.8. The molecule has 2 unspecified atom stereocenters. The number of carbonyl (C=O) groups is 1. The number of hydrogen-bond donors (Lipinski definition) is 1. The van der Waals surface area contributed by atoms with Gasteiger partial charge in [-0.1, -0.05) is 60.7 Å². The van der Waals surface area contributed by atoms with Gasteiger partial charge >= 0.3 is 6.16 Å². The number of benzene rings is 2. The van der Waals surface area contributed by atoms with Crippen LogP contribution in [-0.4, -0.2) is 17.4 Å². The average Bonchev–Trinajstić information content (AvgIpc) is 2.54. The molecule has 0 fully saturated rings. The number of ether oxygens (including phenoxy) is 2. The summed E-state index contributed by atoms with van der Waals surface area (Å²) in [5.41, 5.74) is 1.92. The highest BCUT2D eigenvalue weighted by Crippen LogP contribution is 2.24. The Morgan fingerprint density at radius 3 is 2.23 bits per heavy atom. The molecule has 0 aromatic heterocycles. The topological polar surface area (TPSA) is 55.8 Å². The van der Waals surface area contributed by atoms with E-state index >= 15 is 0 Å². The standard InChI is InChI=1S/C18H20O4/c1-14(21-13-15-8-4-2-5-9-15)12-17(22-18(19)20)16-10-6-3-7-11-16/h2-11,14,17H,12-13H2,1H3,(H,19,20). The van der Waals surface area contributed by atoms with Crippen LogP contribution in [-0.2, 0) is 16.1 Å². The van der Waals surface area contributed by atoms with Gasteiger partial charge in [0.25, 0.3) is 0 Å². The van der Waals surface area contributed by atoms with E-state index in [9.17, 15) is 4.79 Å². The van der Waals surface area contributed by atoms with Crippen molar-refractivity contribution < 1.29 is 19.4 Å². The van der Waals surface area contributed by atoms with Gasteiger partial charge in [-0.25, -0.2) is 4.79 Å². The van der Waals surface area contributed by atoms with Gasteiger partial charge < -0.3 is 14.6 Å². The van der Waals surface area contributed by atoms with E-state index in [4.69, 9.17) is 14.6 Å². The van der Waals surface area contributed by atoms with Gasteiger partial charge in [-0.05, 0) is 18.1 Å². The third-order valence-electron chi connectivity index (χ3n) is 3.34. The van der Waals surface area contributed by atoms with E-state index in [-0.39, 0.29) is 6.10 Å². The van der Waals surface area contributed by atoms with Crippen molar-refractivity contribution in [2.45, 2.75) is 32.2 Å². The van der Waals surface area contributed by atoms with Gasteiger partial charge in [0.15, 0.2) is 0 Å². The lowest BCUT2D eigenvalue weighted by atomic mass is 10.0. The molecule has 0 aliphatic heterocycles. The highest BCUT2D eigenvalue weighted by atomic mass is 16.7. The first-order valence-corrected chi connectivity index (χ1v) is 7.25. The average molecular weight is 300 g/mol. The number of rotatable bonds is 7. The highest BCUT2D eigenvalue weighted by molar-refractivity contribution is 5.57. The van der Waals surface area contributed by atoms with E-state index in [1.807, 2.05) is 67.6 Å². The van der Waals surface area contributed by atoms with E-state index in [0.717, 1.165) is 11.1 Å². The smallest absolute Gasteiger partial charge is 0.450 e. The first-order chi connectivity index (χ1) is 10.6. The summed E-state index contributed by atoms with van der Waals surface area (Å²) >= 11 is 0. The van der Waals surface area contributed by atoms with Crippen LogP contribution < -0.4 is 0 Å². The fourth-order valence-electron chi connectivity index (χ4n) is 2.22. The van der Waals surface area contributed by atoms with E-state index in [0.29, 0.717) is 13.0 Å². The molecule has 22 heavy (non-hydrogen) atoms. The van der Waals surface area contributed by atoms with Gasteiger partial charge in [0.2, 0.25) is 0 Å². The second-order valence-corrected chi connectivity index (χ2v) is 5.13. The normalized spacial score (nSPS) is 13.3. The maximum Gasteiger partial charge on any atom is 0.506 e. The fourth-order valence-corrected chi connectivity index (χ4v) is 2.22. The van der Waals surface area contributed by atoms with E-state index in [2.05, 4.69) is 0 Å². The molecule has 0 amide bonds. The lowest BCUT2D eigenvalue weighted by molar-refractivity contribution is -0.00604. The molecule has 2 rings (SSSR count). The predicted molar refractivity (Wildman–Crippen MR) is 83.6 cm³/mol. The van der Waals surface area contributed by atoms with Gasteiger partial charge in [-0.2, -0.15) is 0 Å². The van der Waals surface area contributed by atoms with Gasteiger partial charge in [-0.3, -0.25) is 0 Å². The SMILES string of the molecule is CC(CC(OC(=O)O)c1ccccc1)OCc1ccccc1. The summed E-state index contributed by atoms with van der Waals surface area (Å²) in [7, 11) is 0. The molecule has 0 bridgehead atoms. The molecule has 0 aliphatic carbocycles. The molecule has 2 aromatic rings. The Hall–Kier alpha value is -2.33. The van der Waals surface area contributed by atoms with Crippen LogP contribution in [0.25, 0.3) is 0 Å². The van der Waals surface area contributed by atoms with Crippen molar-refractivity contribution in [1.82, 2.24) is 0 Å². The van der Waals surface area contributed by atoms with Crippen molar-refractivity contribution >= 4 is 6.16 Å². The Balaban J connectivity index is 1.93. The summed E-state index contributed by atoms with van der Waals surface area (Å²) in [5.74, 6) is 0. The summed E-state index contributed by atoms with van der Waals surface area (Å²) in [6.45, 7) is 2.42. The van der Waals surface area contributed by atoms with E-state index in [1.165, 1.54) is 0 Å². The van der Waals surface area contributed by atoms with Crippen LogP contribution in [0.3, 0.4) is 0 Å². The predicted octanol–water partition coefficient (Wildman–Crippen LogP) is 4.42. The van der Waals surface area contributed by atoms with Crippen LogP contribution in [0.1, 0.15) is 30.6 Å². The van der Waals surface area contributed by atoms with Crippen LogP contribution in [0.5, 0.6) is 0 Å². The first kappa shape index (κ1) is 16.0. The maximum absolute atomic E-state index is 10.9. The summed E-state index contributed by atoms with van der Waals surface area (Å²) in [6.07, 6.45) is -1.44. The molecule has 4 heteroatoms. The van der Waals surface area contributed by atoms with Gasteiger partial charge in [-0.15, -0.1) is 0 Å². The van der Waals surface area contributed by atoms with Crippen molar-refractivity contribution in [3.8, 4) is 0 Å². The molecule has 2 aromatic carbocycles. The van der Waals surface area contributed by atoms with Crippen molar-refractivity contribution in [2.24, 2.45) is 0 Å². The summed E-state index contributed by atoms with van der Waals surface area (Å²) in [4.78, 5) is 10.9. The van der Waals surface area contributed by atoms with Crippen LogP contribution >= 0.6 is 0 Å². The highest BCUT2D eigenvalue weighted by Gasteiger charge is 2.19. The third-order valence-corrected chi connectivity index (χ3v) is 3.34. The van der Waals surface area contributed by atoms with Crippen molar-refractivity contribution in [3.63, 3.8) is 0 Å². The Labute approximate surface area is 130 Å². The molecular formula is C18H20O4. The van der Waals surface area contributed by atoms with Gasteiger partial charge in [0.05, 0.1) is 12.7 Å². The van der Waals surface area contributed by atoms with Crippen molar-refractivity contribution in [2.75, 3.05) is 0 Å². The van der Waals surface area contributed by atoms with Crippen LogP contribution in [0.4, 0.5) is 4.79 Å². The zero-order valence-electron chi connectivity index (χ0n) is 12.5. The minimum atomic E-state index is -1.27. The van der Waals surface area contributed by atoms with E-state index in [1.54, 1.807) is 0 Å². The van der Waals surface area contributed by atoms with Gasteiger partial charge in [0, 0.05) is 6.42 Å². The lowest BCUT2D eigenvalue weighted by Gasteiger charge is -2.21. The largest absolute Gasteiger partial charge is 0.506 e. The monoisotopic (exact) mass is 300 g/mol. The zero-order valence-corrected chi connectivity index (χ0v) is 12.5. The molecule has 4 nitrogen and oxygen atoms in total. The second-order valence-electron chi connectivity index (χ2n) is 5.13. The third kappa shape index (κ3) is 5.22. The first-order valence-electron chi connectivity index (χ1n) is 7.25. The van der Waals surface area contributed by atoms with Crippen molar-refractivity contribution in [1.29, 1.82) is 0 Å². The molecule has 0 spiro atoms. The minimum Gasteiger partial charge on any atom is -0.450 e. The minimum absolute atomic E-state index is 0.121.